The van der Waals surface area contributed by atoms with E-state index in [2.05, 4.69) is 10.6 Å². The molecular weight excluding hydrogens is 272 g/mol. The predicted molar refractivity (Wildman–Crippen MR) is 79.7 cm³/mol. The lowest BCUT2D eigenvalue weighted by atomic mass is 9.98. The Bertz CT molecular complexity index is 401. The third kappa shape index (κ3) is 1.85. The van der Waals surface area contributed by atoms with Crippen LogP contribution in [0.25, 0.3) is 0 Å². The highest BCUT2D eigenvalue weighted by atomic mass is 35.5. The van der Waals surface area contributed by atoms with Crippen molar-refractivity contribution in [3.05, 3.63) is 0 Å². The van der Waals surface area contributed by atoms with E-state index in [0.717, 1.165) is 36.5 Å². The van der Waals surface area contributed by atoms with Gasteiger partial charge in [0.05, 0.1) is 0 Å². The molecule has 2 saturated heterocycles. The van der Waals surface area contributed by atoms with E-state index >= 15 is 0 Å². The maximum absolute atomic E-state index is 12.5. The average Bonchev–Trinajstić information content (AvgIpc) is 2.68. The van der Waals surface area contributed by atoms with Crippen LogP contribution >= 0.6 is 12.4 Å². The number of rotatable bonds is 2. The molecule has 2 heterocycles. The van der Waals surface area contributed by atoms with Crippen LogP contribution in [-0.2, 0) is 4.79 Å². The van der Waals surface area contributed by atoms with Gasteiger partial charge in [-0.15, -0.1) is 12.4 Å². The Hall–Kier alpha value is -0.280. The van der Waals surface area contributed by atoms with Crippen molar-refractivity contribution in [2.75, 3.05) is 0 Å². The number of nitrogens with one attached hydrogen (secondary N) is 2. The topological polar surface area (TPSA) is 41.1 Å². The van der Waals surface area contributed by atoms with E-state index in [1.165, 1.54) is 32.1 Å². The summed E-state index contributed by atoms with van der Waals surface area (Å²) in [6.07, 6.45) is 9.22. The van der Waals surface area contributed by atoms with E-state index in [4.69, 9.17) is 0 Å². The number of carbonyl (C=O) groups is 1. The second-order valence-electron chi connectivity index (χ2n) is 7.83. The van der Waals surface area contributed by atoms with Crippen LogP contribution in [0.15, 0.2) is 0 Å². The largest absolute Gasteiger partial charge is 0.353 e. The number of carbonyl (C=O) groups excluding carboxylic acids is 1. The lowest BCUT2D eigenvalue weighted by Crippen LogP contribution is -2.48. The molecule has 0 aromatic rings. The summed E-state index contributed by atoms with van der Waals surface area (Å²) in [7, 11) is 0. The first-order chi connectivity index (χ1) is 9.29. The number of hydrogen-bond acceptors (Lipinski definition) is 2. The summed E-state index contributed by atoms with van der Waals surface area (Å²) in [6.45, 7) is 0. The number of fused-ring (bicyclic) bond motifs is 7. The average molecular weight is 297 g/mol. The van der Waals surface area contributed by atoms with E-state index in [0.29, 0.717) is 30.0 Å². The number of amides is 1. The van der Waals surface area contributed by atoms with E-state index in [1.807, 2.05) is 0 Å². The van der Waals surface area contributed by atoms with Crippen LogP contribution in [0.5, 0.6) is 0 Å². The maximum Gasteiger partial charge on any atom is 0.223 e. The molecule has 5 aliphatic rings. The molecule has 5 rings (SSSR count). The Morgan fingerprint density at radius 1 is 0.900 bits per heavy atom. The third-order valence-electron chi connectivity index (χ3n) is 6.86. The smallest absolute Gasteiger partial charge is 0.223 e. The number of hydrogen-bond donors (Lipinski definition) is 2. The SMILES string of the molecule is Cl.O=C(NC1CC2CCC(C1)N2)C1C2C3CCC(C3)C12. The molecule has 0 aromatic heterocycles. The van der Waals surface area contributed by atoms with Crippen LogP contribution in [0.4, 0.5) is 0 Å². The van der Waals surface area contributed by atoms with Gasteiger partial charge < -0.3 is 10.6 Å². The van der Waals surface area contributed by atoms with Crippen LogP contribution < -0.4 is 10.6 Å². The minimum atomic E-state index is 0. The van der Waals surface area contributed by atoms with E-state index in [9.17, 15) is 4.79 Å². The Kier molecular flexibility index (Phi) is 3.08. The Morgan fingerprint density at radius 3 is 2.10 bits per heavy atom. The first kappa shape index (κ1) is 13.4. The van der Waals surface area contributed by atoms with Crippen LogP contribution in [0, 0.1) is 29.6 Å². The molecule has 0 radical (unpaired) electrons. The fourth-order valence-electron chi connectivity index (χ4n) is 6.15. The molecule has 4 heteroatoms. The standard InChI is InChI=1S/C16H24N2O.ClH/c19-16(15-13-8-1-2-9(5-8)14(13)15)18-12-6-10-3-4-11(7-12)17-10;/h8-15,17H,1-7H2,(H,18,19);1H. The summed E-state index contributed by atoms with van der Waals surface area (Å²) in [5.74, 6) is 4.23. The zero-order chi connectivity index (χ0) is 12.6. The second kappa shape index (κ2) is 4.61. The molecule has 0 aromatic carbocycles. The lowest BCUT2D eigenvalue weighted by Gasteiger charge is -2.30. The highest BCUT2D eigenvalue weighted by Crippen LogP contribution is 2.69. The first-order valence-electron chi connectivity index (χ1n) is 8.36. The molecule has 2 aliphatic heterocycles. The van der Waals surface area contributed by atoms with E-state index < -0.39 is 0 Å². The monoisotopic (exact) mass is 296 g/mol. The predicted octanol–water partition coefficient (Wildman–Crippen LogP) is 2.10. The van der Waals surface area contributed by atoms with Crippen molar-refractivity contribution in [3.8, 4) is 0 Å². The highest BCUT2D eigenvalue weighted by Gasteiger charge is 2.67. The van der Waals surface area contributed by atoms with Crippen LogP contribution in [-0.4, -0.2) is 24.0 Å². The first-order valence-corrected chi connectivity index (χ1v) is 8.36. The number of piperidine rings is 1. The molecule has 3 nitrogen and oxygen atoms in total. The Labute approximate surface area is 127 Å². The summed E-state index contributed by atoms with van der Waals surface area (Å²) in [4.78, 5) is 12.5. The van der Waals surface area contributed by atoms with Crippen molar-refractivity contribution in [1.29, 1.82) is 0 Å². The summed E-state index contributed by atoms with van der Waals surface area (Å²) in [6, 6.07) is 1.82. The maximum atomic E-state index is 12.5. The normalized spacial score (nSPS) is 54.2. The Balaban J connectivity index is 0.00000106. The van der Waals surface area contributed by atoms with Gasteiger partial charge in [-0.25, -0.2) is 0 Å². The molecule has 2 N–H and O–H groups in total. The summed E-state index contributed by atoms with van der Waals surface area (Å²) in [5.41, 5.74) is 0. The minimum Gasteiger partial charge on any atom is -0.353 e. The number of halogens is 1. The molecule has 3 aliphatic carbocycles. The molecule has 112 valence electrons. The van der Waals surface area contributed by atoms with Gasteiger partial charge in [0.15, 0.2) is 0 Å². The van der Waals surface area contributed by atoms with Crippen LogP contribution in [0.2, 0.25) is 0 Å². The van der Waals surface area contributed by atoms with E-state index in [1.54, 1.807) is 0 Å². The van der Waals surface area contributed by atoms with Crippen molar-refractivity contribution in [2.24, 2.45) is 29.6 Å². The molecule has 6 unspecified atom stereocenters. The molecular formula is C16H25ClN2O. The van der Waals surface area contributed by atoms with Crippen molar-refractivity contribution in [3.63, 3.8) is 0 Å². The molecule has 4 bridgehead atoms. The van der Waals surface area contributed by atoms with Crippen LogP contribution in [0.1, 0.15) is 44.9 Å². The molecule has 6 atom stereocenters. The highest BCUT2D eigenvalue weighted by molar-refractivity contribution is 5.85. The zero-order valence-corrected chi connectivity index (χ0v) is 12.7. The van der Waals surface area contributed by atoms with Crippen molar-refractivity contribution < 1.29 is 4.79 Å². The van der Waals surface area contributed by atoms with Crippen molar-refractivity contribution in [2.45, 2.75) is 63.1 Å². The molecule has 3 saturated carbocycles. The van der Waals surface area contributed by atoms with E-state index in [-0.39, 0.29) is 12.4 Å². The molecule has 20 heavy (non-hydrogen) atoms. The fourth-order valence-corrected chi connectivity index (χ4v) is 6.15. The van der Waals surface area contributed by atoms with Gasteiger partial charge in [-0.1, -0.05) is 0 Å². The van der Waals surface area contributed by atoms with Crippen LogP contribution in [0.3, 0.4) is 0 Å². The van der Waals surface area contributed by atoms with Gasteiger partial charge in [-0.2, -0.15) is 0 Å². The van der Waals surface area contributed by atoms with Gasteiger partial charge >= 0.3 is 0 Å². The summed E-state index contributed by atoms with van der Waals surface area (Å²) >= 11 is 0. The van der Waals surface area contributed by atoms with Gasteiger partial charge in [0.1, 0.15) is 0 Å². The lowest BCUT2D eigenvalue weighted by molar-refractivity contribution is -0.124. The molecule has 0 spiro atoms. The van der Waals surface area contributed by atoms with Gasteiger partial charge in [-0.05, 0) is 68.6 Å². The molecule has 5 fully saturated rings. The van der Waals surface area contributed by atoms with Crippen molar-refractivity contribution >= 4 is 18.3 Å². The van der Waals surface area contributed by atoms with Crippen molar-refractivity contribution in [1.82, 2.24) is 10.6 Å². The minimum absolute atomic E-state index is 0. The third-order valence-corrected chi connectivity index (χ3v) is 6.86. The van der Waals surface area contributed by atoms with Gasteiger partial charge in [0.25, 0.3) is 0 Å². The van der Waals surface area contributed by atoms with Gasteiger partial charge in [0, 0.05) is 24.0 Å². The quantitative estimate of drug-likeness (QED) is 0.819. The van der Waals surface area contributed by atoms with Gasteiger partial charge in [-0.3, -0.25) is 4.79 Å². The fraction of sp³-hybridized carbons (Fsp3) is 0.938. The summed E-state index contributed by atoms with van der Waals surface area (Å²) in [5, 5.41) is 7.05. The Morgan fingerprint density at radius 2 is 1.50 bits per heavy atom. The second-order valence-corrected chi connectivity index (χ2v) is 7.83. The summed E-state index contributed by atoms with van der Waals surface area (Å²) < 4.78 is 0. The zero-order valence-electron chi connectivity index (χ0n) is 11.9. The molecule has 1 amide bonds. The van der Waals surface area contributed by atoms with Gasteiger partial charge in [0.2, 0.25) is 5.91 Å².